The molecule has 98 valence electrons. The van der Waals surface area contributed by atoms with Gasteiger partial charge >= 0.3 is 0 Å². The minimum Gasteiger partial charge on any atom is -0.326 e. The quantitative estimate of drug-likeness (QED) is 0.839. The van der Waals surface area contributed by atoms with E-state index in [-0.39, 0.29) is 11.8 Å². The summed E-state index contributed by atoms with van der Waals surface area (Å²) >= 11 is 3.29. The van der Waals surface area contributed by atoms with E-state index in [0.29, 0.717) is 12.1 Å². The molecule has 0 aromatic heterocycles. The Morgan fingerprint density at radius 1 is 1.11 bits per heavy atom. The number of hydrogen-bond donors (Lipinski definition) is 2. The summed E-state index contributed by atoms with van der Waals surface area (Å²) in [5.74, 6) is -0.152. The fourth-order valence-corrected chi connectivity index (χ4v) is 1.27. The Bertz CT molecular complexity index is 435. The van der Waals surface area contributed by atoms with Crippen molar-refractivity contribution in [3.63, 3.8) is 0 Å². The van der Waals surface area contributed by atoms with Crippen molar-refractivity contribution in [3.05, 3.63) is 24.3 Å². The van der Waals surface area contributed by atoms with Gasteiger partial charge in [-0.25, -0.2) is 0 Å². The second kappa shape index (κ2) is 6.00. The highest BCUT2D eigenvalue weighted by Crippen LogP contribution is 2.20. The lowest BCUT2D eigenvalue weighted by molar-refractivity contribution is -0.117. The van der Waals surface area contributed by atoms with E-state index in [0.717, 1.165) is 5.69 Å². The molecule has 2 amide bonds. The zero-order valence-electron chi connectivity index (χ0n) is 10.7. The van der Waals surface area contributed by atoms with Crippen LogP contribution in [0.25, 0.3) is 0 Å². The van der Waals surface area contributed by atoms with Crippen LogP contribution in [0.4, 0.5) is 11.4 Å². The van der Waals surface area contributed by atoms with Gasteiger partial charge in [0.1, 0.15) is 0 Å². The fourth-order valence-electron chi connectivity index (χ4n) is 1.17. The van der Waals surface area contributed by atoms with Gasteiger partial charge in [-0.1, -0.05) is 22.9 Å². The van der Waals surface area contributed by atoms with Gasteiger partial charge in [-0.3, -0.25) is 9.59 Å². The van der Waals surface area contributed by atoms with E-state index in [4.69, 9.17) is 0 Å². The molecule has 0 saturated carbocycles. The summed E-state index contributed by atoms with van der Waals surface area (Å²) in [7, 11) is 0. The van der Waals surface area contributed by atoms with Crippen molar-refractivity contribution in [1.82, 2.24) is 0 Å². The van der Waals surface area contributed by atoms with Crippen LogP contribution in [-0.4, -0.2) is 16.1 Å². The number of hydrogen-bond acceptors (Lipinski definition) is 2. The molecule has 18 heavy (non-hydrogen) atoms. The van der Waals surface area contributed by atoms with Crippen molar-refractivity contribution in [2.24, 2.45) is 0 Å². The Labute approximate surface area is 115 Å². The van der Waals surface area contributed by atoms with Crippen LogP contribution in [0.5, 0.6) is 0 Å². The van der Waals surface area contributed by atoms with E-state index in [1.807, 2.05) is 0 Å². The third-order valence-electron chi connectivity index (χ3n) is 2.29. The molecule has 0 unspecified atom stereocenters. The molecular weight excluding hydrogens is 296 g/mol. The first-order chi connectivity index (χ1) is 8.32. The molecule has 1 rings (SSSR count). The summed E-state index contributed by atoms with van der Waals surface area (Å²) in [6, 6.07) is 7.01. The van der Waals surface area contributed by atoms with Gasteiger partial charge < -0.3 is 10.6 Å². The Kier molecular flexibility index (Phi) is 4.90. The molecule has 0 fully saturated rings. The number of benzene rings is 1. The Morgan fingerprint density at radius 3 is 1.94 bits per heavy atom. The number of amides is 2. The Balaban J connectivity index is 2.66. The monoisotopic (exact) mass is 312 g/mol. The summed E-state index contributed by atoms with van der Waals surface area (Å²) in [6.45, 7) is 5.35. The summed E-state index contributed by atoms with van der Waals surface area (Å²) in [5.41, 5.74) is 1.42. The molecule has 0 radical (unpaired) electrons. The largest absolute Gasteiger partial charge is 0.326 e. The topological polar surface area (TPSA) is 58.2 Å². The molecule has 0 spiro atoms. The predicted molar refractivity (Wildman–Crippen MR) is 77.0 cm³/mol. The number of nitrogens with one attached hydrogen (secondary N) is 2. The third kappa shape index (κ3) is 4.49. The molecule has 4 nitrogen and oxygen atoms in total. The number of carbonyl (C=O) groups excluding carboxylic acids is 2. The van der Waals surface area contributed by atoms with E-state index in [1.165, 1.54) is 0 Å². The van der Waals surface area contributed by atoms with Gasteiger partial charge in [0.2, 0.25) is 11.8 Å². The lowest BCUT2D eigenvalue weighted by Crippen LogP contribution is -2.30. The number of alkyl halides is 1. The number of rotatable bonds is 4. The van der Waals surface area contributed by atoms with Gasteiger partial charge in [0, 0.05) is 17.8 Å². The van der Waals surface area contributed by atoms with Gasteiger partial charge in [-0.15, -0.1) is 0 Å². The third-order valence-corrected chi connectivity index (χ3v) is 2.65. The average Bonchev–Trinajstić information content (AvgIpc) is 2.30. The van der Waals surface area contributed by atoms with Gasteiger partial charge in [0.25, 0.3) is 0 Å². The molecule has 0 aliphatic carbocycles. The molecule has 0 aliphatic rings. The maximum absolute atomic E-state index is 11.7. The molecule has 0 saturated heterocycles. The van der Waals surface area contributed by atoms with E-state index in [1.54, 1.807) is 45.0 Å². The maximum Gasteiger partial charge on any atom is 0.240 e. The predicted octanol–water partition coefficient (Wildman–Crippen LogP) is 3.15. The zero-order valence-corrected chi connectivity index (χ0v) is 12.3. The van der Waals surface area contributed by atoms with E-state index < -0.39 is 4.32 Å². The lowest BCUT2D eigenvalue weighted by Gasteiger charge is -2.16. The van der Waals surface area contributed by atoms with E-state index >= 15 is 0 Å². The molecule has 0 bridgehead atoms. The van der Waals surface area contributed by atoms with Crippen LogP contribution in [0, 0.1) is 0 Å². The molecule has 1 aromatic carbocycles. The second-order valence-electron chi connectivity index (χ2n) is 4.41. The van der Waals surface area contributed by atoms with Crippen LogP contribution in [0.3, 0.4) is 0 Å². The van der Waals surface area contributed by atoms with Crippen molar-refractivity contribution in [3.8, 4) is 0 Å². The van der Waals surface area contributed by atoms with E-state index in [2.05, 4.69) is 26.6 Å². The summed E-state index contributed by atoms with van der Waals surface area (Å²) < 4.78 is -0.609. The normalized spacial score (nSPS) is 10.9. The first kappa shape index (κ1) is 14.7. The second-order valence-corrected chi connectivity index (χ2v) is 6.39. The Hall–Kier alpha value is -1.36. The van der Waals surface area contributed by atoms with Crippen LogP contribution >= 0.6 is 15.9 Å². The van der Waals surface area contributed by atoms with Crippen LogP contribution in [0.15, 0.2) is 24.3 Å². The highest BCUT2D eigenvalue weighted by atomic mass is 79.9. The van der Waals surface area contributed by atoms with E-state index in [9.17, 15) is 9.59 Å². The summed E-state index contributed by atoms with van der Waals surface area (Å²) in [4.78, 5) is 22.9. The average molecular weight is 313 g/mol. The molecule has 0 atom stereocenters. The van der Waals surface area contributed by atoms with Crippen LogP contribution < -0.4 is 10.6 Å². The molecule has 5 heteroatoms. The number of carbonyl (C=O) groups is 2. The lowest BCUT2D eigenvalue weighted by atomic mass is 10.2. The molecule has 1 aromatic rings. The highest BCUT2D eigenvalue weighted by molar-refractivity contribution is 9.10. The number of anilines is 2. The number of halogens is 1. The van der Waals surface area contributed by atoms with Gasteiger partial charge in [-0.2, -0.15) is 0 Å². The molecule has 0 aliphatic heterocycles. The minimum absolute atomic E-state index is 0.0339. The van der Waals surface area contributed by atoms with Crippen molar-refractivity contribution < 1.29 is 9.59 Å². The zero-order chi connectivity index (χ0) is 13.8. The standard InChI is InChI=1S/C13H17BrN2O2/c1-4-11(17)15-9-5-7-10(8-6-9)16-12(18)13(2,3)14/h5-8H,4H2,1-3H3,(H,15,17)(H,16,18). The van der Waals surface area contributed by atoms with Crippen molar-refractivity contribution in [1.29, 1.82) is 0 Å². The molecular formula is C13H17BrN2O2. The van der Waals surface area contributed by atoms with Gasteiger partial charge in [0.05, 0.1) is 4.32 Å². The van der Waals surface area contributed by atoms with Crippen molar-refractivity contribution in [2.75, 3.05) is 10.6 Å². The first-order valence-corrected chi connectivity index (χ1v) is 6.52. The smallest absolute Gasteiger partial charge is 0.240 e. The fraction of sp³-hybridized carbons (Fsp3) is 0.385. The molecule has 0 heterocycles. The SMILES string of the molecule is CCC(=O)Nc1ccc(NC(=O)C(C)(C)Br)cc1. The van der Waals surface area contributed by atoms with Crippen molar-refractivity contribution >= 4 is 39.1 Å². The van der Waals surface area contributed by atoms with Gasteiger partial charge in [0.15, 0.2) is 0 Å². The van der Waals surface area contributed by atoms with Crippen LogP contribution in [0.1, 0.15) is 27.2 Å². The van der Waals surface area contributed by atoms with Crippen molar-refractivity contribution in [2.45, 2.75) is 31.5 Å². The van der Waals surface area contributed by atoms with Gasteiger partial charge in [-0.05, 0) is 38.1 Å². The summed E-state index contributed by atoms with van der Waals surface area (Å²) in [5, 5.41) is 5.52. The first-order valence-electron chi connectivity index (χ1n) is 5.73. The van der Waals surface area contributed by atoms with Crippen LogP contribution in [-0.2, 0) is 9.59 Å². The molecule has 2 N–H and O–H groups in total. The Morgan fingerprint density at radius 2 is 1.56 bits per heavy atom. The maximum atomic E-state index is 11.7. The van der Waals surface area contributed by atoms with Crippen LogP contribution in [0.2, 0.25) is 0 Å². The summed E-state index contributed by atoms with van der Waals surface area (Å²) in [6.07, 6.45) is 0.441. The minimum atomic E-state index is -0.609. The highest BCUT2D eigenvalue weighted by Gasteiger charge is 2.23.